The van der Waals surface area contributed by atoms with E-state index in [2.05, 4.69) is 41.2 Å². The molecule has 10 rings (SSSR count). The van der Waals surface area contributed by atoms with Gasteiger partial charge in [-0.25, -0.2) is 48.7 Å². The van der Waals surface area contributed by atoms with E-state index in [-0.39, 0.29) is 111 Å². The zero-order valence-electron chi connectivity index (χ0n) is 48.0. The van der Waals surface area contributed by atoms with E-state index in [1.165, 1.54) is 97.1 Å². The van der Waals surface area contributed by atoms with Crippen LogP contribution >= 0.6 is 0 Å². The van der Waals surface area contributed by atoms with Gasteiger partial charge in [-0.15, -0.1) is 0 Å². The van der Waals surface area contributed by atoms with Crippen LogP contribution in [0.2, 0.25) is 0 Å². The van der Waals surface area contributed by atoms with Gasteiger partial charge in [0.25, 0.3) is 29.3 Å². The Bertz CT molecular complexity index is 4910. The van der Waals surface area contributed by atoms with Gasteiger partial charge >= 0.3 is 35.8 Å². The summed E-state index contributed by atoms with van der Waals surface area (Å²) < 4.78 is 32.6. The molecule has 6 aromatic carbocycles. The van der Waals surface area contributed by atoms with E-state index in [0.717, 1.165) is 37.4 Å². The minimum Gasteiger partial charge on any atom is -0.481 e. The monoisotopic (exact) mass is 1280 g/mol. The van der Waals surface area contributed by atoms with Crippen LogP contribution < -0.4 is 45.0 Å². The number of ether oxygens (including phenoxy) is 6. The highest BCUT2D eigenvalue weighted by atomic mass is 16.6. The van der Waals surface area contributed by atoms with Crippen LogP contribution in [0.3, 0.4) is 0 Å². The van der Waals surface area contributed by atoms with Crippen molar-refractivity contribution in [1.29, 1.82) is 0 Å². The maximum Gasteiger partial charge on any atom is 0.341 e. The van der Waals surface area contributed by atoms with E-state index in [0.29, 0.717) is 0 Å². The summed E-state index contributed by atoms with van der Waals surface area (Å²) in [6, 6.07) is 27.8. The van der Waals surface area contributed by atoms with E-state index >= 15 is 0 Å². The van der Waals surface area contributed by atoms with Gasteiger partial charge in [0.15, 0.2) is 38.6 Å². The van der Waals surface area contributed by atoms with Gasteiger partial charge < -0.3 is 75.2 Å². The maximum atomic E-state index is 14.6. The number of nitrogens with one attached hydrogen (secondary N) is 4. The van der Waals surface area contributed by atoms with Crippen LogP contribution in [0.1, 0.15) is 52.3 Å². The quantitative estimate of drug-likeness (QED) is 0.0157. The lowest BCUT2D eigenvalue weighted by Crippen LogP contribution is -2.19. The Balaban J connectivity index is 1.00. The molecule has 9 N–H and O–H groups in total. The Morgan fingerprint density at radius 2 is 0.670 bits per heavy atom. The van der Waals surface area contributed by atoms with Gasteiger partial charge in [-0.05, 0) is 60.7 Å². The highest BCUT2D eigenvalue weighted by molar-refractivity contribution is 6.16. The molecule has 474 valence electrons. The van der Waals surface area contributed by atoms with E-state index in [9.17, 15) is 83.6 Å². The standard InChI is InChI=1S/C62H43N9O23/c1-89-62(86)28-17-34-29(44(18-28)90-23-49(72)73)7-2-12-35(34)67-58(82)39-19-45(91-24-50(74)75)30-8-3-13-36(54(30)63-39)68-59(83)40-20-46(92-25-51(76)77)31-9-4-14-37(55(31)64-40)69-60(84)41-21-47(93-26-52(78)79)32-10-5-15-38(56(32)65-41)70-61(85)42-22-48(94-27-53(80)81)33-11-6-16-43(71(87)88)57(33)66-42/h2-22H,23-27H2,1H3,(H,67,82)(H,68,83)(H,69,84)(H,70,85)(H,72,73)(H,74,75)(H,76,77)(H,78,79)(H,80,81). The summed E-state index contributed by atoms with van der Waals surface area (Å²) in [4.78, 5) is 158. The maximum absolute atomic E-state index is 14.6. The highest BCUT2D eigenvalue weighted by Gasteiger charge is 2.26. The second-order valence-electron chi connectivity index (χ2n) is 19.7. The zero-order valence-corrected chi connectivity index (χ0v) is 48.0. The van der Waals surface area contributed by atoms with Crippen molar-refractivity contribution in [3.05, 3.63) is 166 Å². The van der Waals surface area contributed by atoms with Gasteiger partial charge in [0.2, 0.25) is 0 Å². The number of para-hydroxylation sites is 4. The molecular formula is C62H43N9O23. The van der Waals surface area contributed by atoms with Crippen LogP contribution in [-0.2, 0) is 28.7 Å². The number of nitrogens with zero attached hydrogens (tertiary/aromatic N) is 5. The fraction of sp³-hybridized carbons (Fsp3) is 0.0968. The Morgan fingerprint density at radius 1 is 0.383 bits per heavy atom. The molecule has 10 aromatic rings. The number of pyridine rings is 4. The number of methoxy groups -OCH3 is 1. The molecule has 32 nitrogen and oxygen atoms in total. The number of nitro groups is 1. The average Bonchev–Trinajstić information content (AvgIpc) is 0.793. The number of carboxylic acid groups (broad SMARTS) is 5. The summed E-state index contributed by atoms with van der Waals surface area (Å²) in [7, 11) is 1.12. The minimum absolute atomic E-state index is 0.00499. The summed E-state index contributed by atoms with van der Waals surface area (Å²) in [5.74, 6) is -12.9. The molecule has 0 radical (unpaired) electrons. The van der Waals surface area contributed by atoms with Crippen LogP contribution in [0, 0.1) is 10.1 Å². The number of carboxylic acids is 5. The molecule has 0 aliphatic heterocycles. The molecule has 0 fully saturated rings. The van der Waals surface area contributed by atoms with E-state index in [1.54, 1.807) is 0 Å². The lowest BCUT2D eigenvalue weighted by molar-refractivity contribution is -0.383. The number of carbonyl (C=O) groups excluding carboxylic acids is 5. The van der Waals surface area contributed by atoms with Crippen molar-refractivity contribution in [3.8, 4) is 28.7 Å². The van der Waals surface area contributed by atoms with Crippen LogP contribution in [0.4, 0.5) is 28.4 Å². The molecular weight excluding hydrogens is 1240 g/mol. The molecule has 94 heavy (non-hydrogen) atoms. The smallest absolute Gasteiger partial charge is 0.341 e. The number of nitro benzene ring substituents is 1. The first-order valence-electron chi connectivity index (χ1n) is 27.1. The summed E-state index contributed by atoms with van der Waals surface area (Å²) in [5, 5.41) is 70.8. The molecule has 0 unspecified atom stereocenters. The molecule has 0 aliphatic rings. The van der Waals surface area contributed by atoms with Crippen molar-refractivity contribution in [3.63, 3.8) is 0 Å². The zero-order chi connectivity index (χ0) is 67.1. The number of amides is 4. The van der Waals surface area contributed by atoms with Gasteiger partial charge in [-0.1, -0.05) is 36.4 Å². The van der Waals surface area contributed by atoms with Crippen LogP contribution in [0.15, 0.2) is 127 Å². The second-order valence-corrected chi connectivity index (χ2v) is 19.7. The summed E-state index contributed by atoms with van der Waals surface area (Å²) in [6.45, 7) is -4.50. The lowest BCUT2D eigenvalue weighted by Gasteiger charge is -2.16. The predicted molar refractivity (Wildman–Crippen MR) is 326 cm³/mol. The van der Waals surface area contributed by atoms with Crippen molar-refractivity contribution in [2.24, 2.45) is 0 Å². The van der Waals surface area contributed by atoms with Crippen molar-refractivity contribution in [1.82, 2.24) is 19.9 Å². The third-order valence-electron chi connectivity index (χ3n) is 13.4. The number of fused-ring (bicyclic) bond motifs is 5. The fourth-order valence-electron chi connectivity index (χ4n) is 9.51. The fourth-order valence-corrected chi connectivity index (χ4v) is 9.51. The van der Waals surface area contributed by atoms with Crippen LogP contribution in [0.25, 0.3) is 54.4 Å². The van der Waals surface area contributed by atoms with E-state index < -0.39 is 126 Å². The molecule has 4 heterocycles. The highest BCUT2D eigenvalue weighted by Crippen LogP contribution is 2.38. The van der Waals surface area contributed by atoms with Gasteiger partial charge in [0, 0.05) is 68.3 Å². The SMILES string of the molecule is COC(=O)c1cc(OCC(=O)O)c2cccc(NC(=O)c3cc(OCC(=O)O)c4cccc(NC(=O)c5cc(OCC(=O)O)c6cccc(NC(=O)c7cc(OCC(=O)O)c8cccc(NC(=O)c9cc(OCC(=O)O)c%10cccc([N+](=O)[O-])c%10n9)c8n7)c6n5)c4n3)c2c1. The number of non-ortho nitro benzene ring substituents is 1. The van der Waals surface area contributed by atoms with Gasteiger partial charge in [-0.3, -0.25) is 29.3 Å². The van der Waals surface area contributed by atoms with Crippen molar-refractivity contribution < 1.29 is 107 Å². The van der Waals surface area contributed by atoms with Gasteiger partial charge in [-0.2, -0.15) is 0 Å². The number of rotatable bonds is 25. The summed E-state index contributed by atoms with van der Waals surface area (Å²) >= 11 is 0. The first kappa shape index (κ1) is 63.3. The largest absolute Gasteiger partial charge is 0.481 e. The average molecular weight is 1280 g/mol. The predicted octanol–water partition coefficient (Wildman–Crippen LogP) is 7.05. The van der Waals surface area contributed by atoms with Crippen LogP contribution in [0.5, 0.6) is 28.7 Å². The molecule has 4 aromatic heterocycles. The number of hydrogen-bond donors (Lipinski definition) is 9. The molecule has 0 saturated carbocycles. The number of esters is 1. The number of aromatic nitrogens is 4. The molecule has 0 bridgehead atoms. The Hall–Kier alpha value is -13.7. The molecule has 0 aliphatic carbocycles. The number of carbonyl (C=O) groups is 10. The van der Waals surface area contributed by atoms with E-state index in [4.69, 9.17) is 28.4 Å². The molecule has 0 spiro atoms. The number of aliphatic carboxylic acids is 5. The lowest BCUT2D eigenvalue weighted by atomic mass is 10.0. The number of anilines is 4. The molecule has 0 atom stereocenters. The third kappa shape index (κ3) is 13.9. The van der Waals surface area contributed by atoms with Crippen molar-refractivity contribution in [2.75, 3.05) is 61.4 Å². The Morgan fingerprint density at radius 3 is 1.00 bits per heavy atom. The van der Waals surface area contributed by atoms with Gasteiger partial charge in [0.05, 0.1) is 51.2 Å². The van der Waals surface area contributed by atoms with Crippen molar-refractivity contribution >= 4 is 142 Å². The first-order chi connectivity index (χ1) is 45.0. The number of benzene rings is 6. The summed E-state index contributed by atoms with van der Waals surface area (Å²) in [5.41, 5.74) is -3.76. The number of hydrogen-bond acceptors (Lipinski definition) is 22. The minimum atomic E-state index is -1.44. The molecule has 4 amide bonds. The topological polar surface area (TPSA) is 470 Å². The summed E-state index contributed by atoms with van der Waals surface area (Å²) in [6.07, 6.45) is 0. The van der Waals surface area contributed by atoms with Gasteiger partial charge in [0.1, 0.15) is 51.5 Å². The second kappa shape index (κ2) is 27.0. The molecule has 0 saturated heterocycles. The Kier molecular flexibility index (Phi) is 18.2. The first-order valence-corrected chi connectivity index (χ1v) is 27.1. The third-order valence-corrected chi connectivity index (χ3v) is 13.4. The molecule has 32 heteroatoms. The van der Waals surface area contributed by atoms with E-state index in [1.807, 2.05) is 0 Å². The normalized spacial score (nSPS) is 10.9. The Labute approximate surface area is 523 Å². The van der Waals surface area contributed by atoms with Crippen LogP contribution in [-0.4, -0.2) is 150 Å². The van der Waals surface area contributed by atoms with Crippen molar-refractivity contribution in [2.45, 2.75) is 0 Å².